The molecule has 0 radical (unpaired) electrons. The Morgan fingerprint density at radius 3 is 1.28 bits per heavy atom. The summed E-state index contributed by atoms with van der Waals surface area (Å²) in [6.45, 7) is 11.9. The van der Waals surface area contributed by atoms with Crippen LogP contribution in [-0.2, 0) is 8.23 Å². The maximum atomic E-state index is 9.79. The van der Waals surface area contributed by atoms with Crippen LogP contribution in [0.2, 0.25) is 38.3 Å². The molecular weight excluding hydrogens is 665 g/mol. The summed E-state index contributed by atoms with van der Waals surface area (Å²) in [7, 11) is -6.97. The van der Waals surface area contributed by atoms with E-state index in [1.165, 1.54) is 79.3 Å². The summed E-state index contributed by atoms with van der Waals surface area (Å²) < 4.78 is 15.0. The number of phenols is 2. The minimum absolute atomic E-state index is 0.270. The third kappa shape index (κ3) is 12.4. The minimum atomic E-state index is -2.92. The molecule has 4 aromatic carbocycles. The van der Waals surface area contributed by atoms with Gasteiger partial charge in [-0.2, -0.15) is 0 Å². The zero-order chi connectivity index (χ0) is 35.9. The SMILES string of the molecule is CCCC[Si](C)(C)O[Si](O[Si](C)(C)CCCCCCCCCCC(c1ccc(O)cc1)c1ccc(O)cc1)(c1ccccc1)c1ccccc1. The molecule has 0 amide bonds. The van der Waals surface area contributed by atoms with Gasteiger partial charge >= 0.3 is 8.56 Å². The van der Waals surface area contributed by atoms with Gasteiger partial charge in [-0.25, -0.2) is 0 Å². The average Bonchev–Trinajstić information content (AvgIpc) is 3.11. The monoisotopic (exact) mass is 726 g/mol. The standard InChI is InChI=1S/C43H62O4Si3/c1-6-7-35-48(2,3)46-50(41-22-16-14-17-23-41,42-24-18-15-19-25-42)47-49(4,5)36-21-13-11-9-8-10-12-20-26-43(37-27-31-39(44)32-28-37)38-29-33-40(45)34-30-38/h14-19,22-25,27-34,43-45H,6-13,20-21,26,35-36H2,1-5H3. The number of aromatic hydroxyl groups is 2. The molecule has 0 aliphatic rings. The number of hydrogen-bond acceptors (Lipinski definition) is 4. The smallest absolute Gasteiger partial charge is 0.386 e. The summed E-state index contributed by atoms with van der Waals surface area (Å²) in [5.41, 5.74) is 2.43. The van der Waals surface area contributed by atoms with Crippen molar-refractivity contribution in [3.8, 4) is 11.5 Å². The van der Waals surface area contributed by atoms with Gasteiger partial charge in [-0.3, -0.25) is 0 Å². The molecule has 0 spiro atoms. The van der Waals surface area contributed by atoms with Crippen molar-refractivity contribution < 1.29 is 18.4 Å². The summed E-state index contributed by atoms with van der Waals surface area (Å²) in [5.74, 6) is 0.860. The predicted molar refractivity (Wildman–Crippen MR) is 219 cm³/mol. The van der Waals surface area contributed by atoms with Gasteiger partial charge in [0.2, 0.25) is 0 Å². The molecule has 7 heteroatoms. The van der Waals surface area contributed by atoms with Crippen molar-refractivity contribution in [3.63, 3.8) is 0 Å². The van der Waals surface area contributed by atoms with E-state index in [-0.39, 0.29) is 5.92 Å². The maximum Gasteiger partial charge on any atom is 0.386 e. The van der Waals surface area contributed by atoms with Crippen LogP contribution in [0.3, 0.4) is 0 Å². The van der Waals surface area contributed by atoms with Gasteiger partial charge < -0.3 is 18.4 Å². The van der Waals surface area contributed by atoms with E-state index in [4.69, 9.17) is 8.23 Å². The molecule has 0 aliphatic carbocycles. The molecule has 50 heavy (non-hydrogen) atoms. The Morgan fingerprint density at radius 1 is 0.480 bits per heavy atom. The summed E-state index contributed by atoms with van der Waals surface area (Å²) in [5, 5.41) is 22.0. The molecule has 4 nitrogen and oxygen atoms in total. The molecule has 0 fully saturated rings. The Balaban J connectivity index is 1.27. The molecule has 0 saturated heterocycles. The van der Waals surface area contributed by atoms with Crippen LogP contribution in [0.4, 0.5) is 0 Å². The lowest BCUT2D eigenvalue weighted by Crippen LogP contribution is -2.70. The summed E-state index contributed by atoms with van der Waals surface area (Å²) in [4.78, 5) is 0. The lowest BCUT2D eigenvalue weighted by molar-refractivity contribution is 0.403. The Kier molecular flexibility index (Phi) is 15.6. The van der Waals surface area contributed by atoms with E-state index in [0.717, 1.165) is 24.9 Å². The van der Waals surface area contributed by atoms with Crippen LogP contribution in [0.15, 0.2) is 109 Å². The van der Waals surface area contributed by atoms with Crippen molar-refractivity contribution in [2.45, 2.75) is 122 Å². The van der Waals surface area contributed by atoms with Crippen molar-refractivity contribution >= 4 is 35.6 Å². The number of unbranched alkanes of at least 4 members (excludes halogenated alkanes) is 8. The first-order valence-electron chi connectivity index (χ1n) is 19.1. The van der Waals surface area contributed by atoms with Crippen LogP contribution in [0.1, 0.15) is 94.6 Å². The number of benzene rings is 4. The van der Waals surface area contributed by atoms with Crippen LogP contribution >= 0.6 is 0 Å². The first-order chi connectivity index (χ1) is 24.0. The van der Waals surface area contributed by atoms with Crippen LogP contribution in [0.5, 0.6) is 11.5 Å². The molecule has 4 rings (SSSR count). The van der Waals surface area contributed by atoms with Gasteiger partial charge in [-0.1, -0.05) is 156 Å². The second-order valence-corrected chi connectivity index (χ2v) is 27.3. The fourth-order valence-corrected chi connectivity index (χ4v) is 20.5. The van der Waals surface area contributed by atoms with E-state index in [0.29, 0.717) is 11.5 Å². The highest BCUT2D eigenvalue weighted by Crippen LogP contribution is 2.32. The molecule has 0 unspecified atom stereocenters. The first-order valence-corrected chi connectivity index (χ1v) is 27.2. The third-order valence-corrected chi connectivity index (χ3v) is 21.9. The van der Waals surface area contributed by atoms with Crippen molar-refractivity contribution in [2.24, 2.45) is 0 Å². The highest BCUT2D eigenvalue weighted by atomic mass is 28.5. The zero-order valence-corrected chi connectivity index (χ0v) is 34.4. The maximum absolute atomic E-state index is 9.79. The van der Waals surface area contributed by atoms with E-state index in [2.05, 4.69) is 93.8 Å². The Morgan fingerprint density at radius 2 is 0.860 bits per heavy atom. The van der Waals surface area contributed by atoms with Gasteiger partial charge in [0, 0.05) is 5.92 Å². The van der Waals surface area contributed by atoms with E-state index in [9.17, 15) is 10.2 Å². The normalized spacial score (nSPS) is 12.4. The minimum Gasteiger partial charge on any atom is -0.508 e. The number of hydrogen-bond donors (Lipinski definition) is 2. The molecule has 0 saturated carbocycles. The highest BCUT2D eigenvalue weighted by Gasteiger charge is 2.50. The van der Waals surface area contributed by atoms with Crippen LogP contribution in [0, 0.1) is 0 Å². The van der Waals surface area contributed by atoms with Crippen molar-refractivity contribution in [2.75, 3.05) is 0 Å². The average molecular weight is 727 g/mol. The molecule has 0 atom stereocenters. The fourth-order valence-electron chi connectivity index (χ4n) is 7.12. The molecule has 270 valence electrons. The van der Waals surface area contributed by atoms with Gasteiger partial charge in [-0.15, -0.1) is 0 Å². The van der Waals surface area contributed by atoms with Crippen LogP contribution < -0.4 is 10.4 Å². The van der Waals surface area contributed by atoms with Gasteiger partial charge in [0.25, 0.3) is 0 Å². The summed E-state index contributed by atoms with van der Waals surface area (Å²) in [6.07, 6.45) is 13.4. The Hall–Kier alpha value is -2.95. The number of phenolic OH excluding ortho intramolecular Hbond substituents is 2. The van der Waals surface area contributed by atoms with Gasteiger partial charge in [0.05, 0.1) is 0 Å². The molecule has 0 heterocycles. The van der Waals surface area contributed by atoms with Gasteiger partial charge in [0.15, 0.2) is 16.6 Å². The van der Waals surface area contributed by atoms with Crippen LogP contribution in [0.25, 0.3) is 0 Å². The van der Waals surface area contributed by atoms with Gasteiger partial charge in [-0.05, 0) is 90.5 Å². The van der Waals surface area contributed by atoms with Crippen molar-refractivity contribution in [3.05, 3.63) is 120 Å². The summed E-state index contributed by atoms with van der Waals surface area (Å²) >= 11 is 0. The highest BCUT2D eigenvalue weighted by molar-refractivity contribution is 7.02. The lowest BCUT2D eigenvalue weighted by Gasteiger charge is -2.43. The Bertz CT molecular complexity index is 1420. The van der Waals surface area contributed by atoms with Gasteiger partial charge in [0.1, 0.15) is 11.5 Å². The second-order valence-electron chi connectivity index (χ2n) is 15.3. The first kappa shape index (κ1) is 39.8. The fraction of sp³-hybridized carbons (Fsp3) is 0.442. The van der Waals surface area contributed by atoms with Crippen LogP contribution in [-0.4, -0.2) is 35.4 Å². The largest absolute Gasteiger partial charge is 0.508 e. The predicted octanol–water partition coefficient (Wildman–Crippen LogP) is 11.2. The van der Waals surface area contributed by atoms with E-state index in [1.54, 1.807) is 24.3 Å². The van der Waals surface area contributed by atoms with E-state index in [1.807, 2.05) is 24.3 Å². The molecule has 2 N–H and O–H groups in total. The molecular formula is C43H62O4Si3. The molecule has 0 bridgehead atoms. The van der Waals surface area contributed by atoms with E-state index >= 15 is 0 Å². The summed E-state index contributed by atoms with van der Waals surface area (Å²) in [6, 6.07) is 39.2. The van der Waals surface area contributed by atoms with Crippen molar-refractivity contribution in [1.82, 2.24) is 0 Å². The molecule has 4 aromatic rings. The lowest BCUT2D eigenvalue weighted by atomic mass is 9.86. The quantitative estimate of drug-likeness (QED) is 0.0625. The zero-order valence-electron chi connectivity index (χ0n) is 31.4. The third-order valence-electron chi connectivity index (χ3n) is 9.89. The molecule has 0 aromatic heterocycles. The number of rotatable bonds is 22. The topological polar surface area (TPSA) is 58.9 Å². The second kappa shape index (κ2) is 19.6. The molecule has 0 aliphatic heterocycles. The Labute approximate surface area is 306 Å². The van der Waals surface area contributed by atoms with E-state index < -0.39 is 25.2 Å². The van der Waals surface area contributed by atoms with Crippen molar-refractivity contribution in [1.29, 1.82) is 0 Å².